The molecule has 0 fully saturated rings. The van der Waals surface area contributed by atoms with Crippen LogP contribution in [0.4, 0.5) is 5.82 Å². The molecule has 0 amide bonds. The molecule has 3 rings (SSSR count). The highest BCUT2D eigenvalue weighted by Gasteiger charge is 2.12. The third kappa shape index (κ3) is 3.77. The molecule has 0 spiro atoms. The molecule has 1 heterocycles. The van der Waals surface area contributed by atoms with Crippen LogP contribution in [0.1, 0.15) is 12.8 Å². The maximum atomic E-state index is 11.2. The Hall–Kier alpha value is -3.08. The van der Waals surface area contributed by atoms with E-state index in [0.29, 0.717) is 19.4 Å². The number of ether oxygens (including phenoxy) is 2. The summed E-state index contributed by atoms with van der Waals surface area (Å²) < 4.78 is 10.2. The third-order valence-corrected chi connectivity index (χ3v) is 4.27. The molecule has 3 aromatic rings. The fourth-order valence-electron chi connectivity index (χ4n) is 2.96. The number of para-hydroxylation sites is 1. The van der Waals surface area contributed by atoms with E-state index in [2.05, 4.69) is 21.1 Å². The fraction of sp³-hybridized carbons (Fsp3) is 0.238. The van der Waals surface area contributed by atoms with Crippen molar-refractivity contribution in [3.8, 4) is 16.9 Å². The van der Waals surface area contributed by atoms with Crippen LogP contribution < -0.4 is 10.1 Å². The zero-order valence-electron chi connectivity index (χ0n) is 15.0. The molecule has 1 N–H and O–H groups in total. The van der Waals surface area contributed by atoms with E-state index in [-0.39, 0.29) is 5.97 Å². The number of esters is 1. The first kappa shape index (κ1) is 17.7. The molecule has 0 aliphatic carbocycles. The van der Waals surface area contributed by atoms with Gasteiger partial charge in [-0.15, -0.1) is 0 Å². The lowest BCUT2D eigenvalue weighted by Gasteiger charge is -2.14. The number of carbonyl (C=O) groups is 1. The highest BCUT2D eigenvalue weighted by atomic mass is 16.5. The molecule has 0 bridgehead atoms. The van der Waals surface area contributed by atoms with Gasteiger partial charge in [-0.2, -0.15) is 0 Å². The zero-order chi connectivity index (χ0) is 18.4. The van der Waals surface area contributed by atoms with E-state index in [4.69, 9.17) is 4.74 Å². The Kier molecular flexibility index (Phi) is 5.69. The van der Waals surface area contributed by atoms with Crippen molar-refractivity contribution in [2.45, 2.75) is 12.8 Å². The van der Waals surface area contributed by atoms with Crippen LogP contribution in [0.2, 0.25) is 0 Å². The van der Waals surface area contributed by atoms with Crippen LogP contribution in [0, 0.1) is 0 Å². The van der Waals surface area contributed by atoms with E-state index in [1.807, 2.05) is 48.7 Å². The van der Waals surface area contributed by atoms with Gasteiger partial charge in [-0.05, 0) is 17.9 Å². The van der Waals surface area contributed by atoms with Crippen LogP contribution in [-0.2, 0) is 9.53 Å². The second-order valence-corrected chi connectivity index (χ2v) is 5.87. The van der Waals surface area contributed by atoms with Gasteiger partial charge in [-0.3, -0.25) is 4.79 Å². The van der Waals surface area contributed by atoms with Gasteiger partial charge in [0.25, 0.3) is 0 Å². The van der Waals surface area contributed by atoms with E-state index in [1.54, 1.807) is 7.11 Å². The largest absolute Gasteiger partial charge is 0.496 e. The monoisotopic (exact) mass is 350 g/mol. The summed E-state index contributed by atoms with van der Waals surface area (Å²) in [5.74, 6) is 1.43. The Labute approximate surface area is 153 Å². The van der Waals surface area contributed by atoms with Gasteiger partial charge in [0.05, 0.1) is 14.2 Å². The first-order valence-corrected chi connectivity index (χ1v) is 8.56. The molecule has 0 radical (unpaired) electrons. The van der Waals surface area contributed by atoms with E-state index in [0.717, 1.165) is 33.5 Å². The van der Waals surface area contributed by atoms with Crippen LogP contribution in [0.25, 0.3) is 21.9 Å². The predicted octanol–water partition coefficient (Wildman–Crippen LogP) is 4.28. The highest BCUT2D eigenvalue weighted by Crippen LogP contribution is 2.36. The Balaban J connectivity index is 1.91. The van der Waals surface area contributed by atoms with Crippen LogP contribution in [-0.4, -0.2) is 31.7 Å². The van der Waals surface area contributed by atoms with Crippen molar-refractivity contribution in [3.05, 3.63) is 54.7 Å². The minimum atomic E-state index is -0.198. The number of rotatable bonds is 7. The molecule has 0 saturated carbocycles. The molecule has 134 valence electrons. The van der Waals surface area contributed by atoms with Gasteiger partial charge in [-0.1, -0.05) is 42.5 Å². The summed E-state index contributed by atoms with van der Waals surface area (Å²) in [6, 6.07) is 16.1. The number of methoxy groups -OCH3 is 2. The van der Waals surface area contributed by atoms with Crippen LogP contribution in [0.15, 0.2) is 54.7 Å². The van der Waals surface area contributed by atoms with Crippen molar-refractivity contribution in [1.29, 1.82) is 0 Å². The topological polar surface area (TPSA) is 60.5 Å². The van der Waals surface area contributed by atoms with E-state index >= 15 is 0 Å². The standard InChI is InChI=1S/C21H22N2O3/c1-25-19-11-6-5-9-16(19)18-14-23-21(17-10-4-3-8-15(17)18)22-13-7-12-20(24)26-2/h3-6,8-11,14H,7,12-13H2,1-2H3,(H,22,23). The highest BCUT2D eigenvalue weighted by molar-refractivity contribution is 6.02. The van der Waals surface area contributed by atoms with Gasteiger partial charge in [0.2, 0.25) is 0 Å². The minimum absolute atomic E-state index is 0.198. The lowest BCUT2D eigenvalue weighted by molar-refractivity contribution is -0.140. The van der Waals surface area contributed by atoms with Crippen molar-refractivity contribution in [1.82, 2.24) is 4.98 Å². The van der Waals surface area contributed by atoms with Crippen molar-refractivity contribution in [2.24, 2.45) is 0 Å². The van der Waals surface area contributed by atoms with E-state index in [9.17, 15) is 4.79 Å². The lowest BCUT2D eigenvalue weighted by atomic mass is 9.99. The van der Waals surface area contributed by atoms with Crippen LogP contribution in [0.3, 0.4) is 0 Å². The second kappa shape index (κ2) is 8.34. The molecular formula is C21H22N2O3. The van der Waals surface area contributed by atoms with Gasteiger partial charge in [0, 0.05) is 35.7 Å². The minimum Gasteiger partial charge on any atom is -0.496 e. The maximum Gasteiger partial charge on any atom is 0.305 e. The Morgan fingerprint density at radius 2 is 1.73 bits per heavy atom. The Bertz CT molecular complexity index is 909. The summed E-state index contributed by atoms with van der Waals surface area (Å²) in [6.45, 7) is 0.653. The average Bonchev–Trinajstić information content (AvgIpc) is 2.70. The molecule has 1 aromatic heterocycles. The Morgan fingerprint density at radius 3 is 2.50 bits per heavy atom. The number of pyridine rings is 1. The molecule has 5 heteroatoms. The SMILES string of the molecule is COC(=O)CCCNc1ncc(-c2ccccc2OC)c2ccccc12. The molecule has 0 aliphatic heterocycles. The number of nitrogens with zero attached hydrogens (tertiary/aromatic N) is 1. The molecular weight excluding hydrogens is 328 g/mol. The van der Waals surface area contributed by atoms with Gasteiger partial charge < -0.3 is 14.8 Å². The number of nitrogens with one attached hydrogen (secondary N) is 1. The van der Waals surface area contributed by atoms with Crippen LogP contribution in [0.5, 0.6) is 5.75 Å². The van der Waals surface area contributed by atoms with Gasteiger partial charge >= 0.3 is 5.97 Å². The molecule has 2 aromatic carbocycles. The fourth-order valence-corrected chi connectivity index (χ4v) is 2.96. The number of fused-ring (bicyclic) bond motifs is 1. The summed E-state index contributed by atoms with van der Waals surface area (Å²) in [6.07, 6.45) is 2.94. The van der Waals surface area contributed by atoms with E-state index < -0.39 is 0 Å². The number of aromatic nitrogens is 1. The third-order valence-electron chi connectivity index (χ3n) is 4.27. The smallest absolute Gasteiger partial charge is 0.305 e. The summed E-state index contributed by atoms with van der Waals surface area (Å²) >= 11 is 0. The maximum absolute atomic E-state index is 11.2. The van der Waals surface area contributed by atoms with Crippen molar-refractivity contribution < 1.29 is 14.3 Å². The van der Waals surface area contributed by atoms with Crippen molar-refractivity contribution in [3.63, 3.8) is 0 Å². The normalized spacial score (nSPS) is 10.5. The number of hydrogen-bond acceptors (Lipinski definition) is 5. The van der Waals surface area contributed by atoms with E-state index in [1.165, 1.54) is 7.11 Å². The number of anilines is 1. The van der Waals surface area contributed by atoms with Gasteiger partial charge in [-0.25, -0.2) is 4.98 Å². The first-order valence-electron chi connectivity index (χ1n) is 8.56. The second-order valence-electron chi connectivity index (χ2n) is 5.87. The molecule has 0 saturated heterocycles. The molecule has 0 aliphatic rings. The lowest BCUT2D eigenvalue weighted by Crippen LogP contribution is -2.08. The first-order chi connectivity index (χ1) is 12.7. The summed E-state index contributed by atoms with van der Waals surface area (Å²) in [5.41, 5.74) is 2.04. The average molecular weight is 350 g/mol. The summed E-state index contributed by atoms with van der Waals surface area (Å²) in [4.78, 5) is 15.8. The van der Waals surface area contributed by atoms with Crippen molar-refractivity contribution in [2.75, 3.05) is 26.1 Å². The van der Waals surface area contributed by atoms with Crippen molar-refractivity contribution >= 4 is 22.6 Å². The number of benzene rings is 2. The molecule has 0 atom stereocenters. The summed E-state index contributed by atoms with van der Waals surface area (Å²) in [7, 11) is 3.08. The number of hydrogen-bond donors (Lipinski definition) is 1. The summed E-state index contributed by atoms with van der Waals surface area (Å²) in [5, 5.41) is 5.46. The molecule has 0 unspecified atom stereocenters. The zero-order valence-corrected chi connectivity index (χ0v) is 15.0. The predicted molar refractivity (Wildman–Crippen MR) is 103 cm³/mol. The van der Waals surface area contributed by atoms with Gasteiger partial charge in [0.15, 0.2) is 0 Å². The van der Waals surface area contributed by atoms with Crippen LogP contribution >= 0.6 is 0 Å². The number of carbonyl (C=O) groups excluding carboxylic acids is 1. The van der Waals surface area contributed by atoms with Gasteiger partial charge in [0.1, 0.15) is 11.6 Å². The molecule has 26 heavy (non-hydrogen) atoms. The molecule has 5 nitrogen and oxygen atoms in total. The quantitative estimate of drug-likeness (QED) is 0.509. The Morgan fingerprint density at radius 1 is 1.00 bits per heavy atom.